The third-order valence-electron chi connectivity index (χ3n) is 4.60. The average Bonchev–Trinajstić information content (AvgIpc) is 2.71. The van der Waals surface area contributed by atoms with E-state index in [2.05, 4.69) is 44.6 Å². The second kappa shape index (κ2) is 10.7. The summed E-state index contributed by atoms with van der Waals surface area (Å²) in [5, 5.41) is 7.82. The summed E-state index contributed by atoms with van der Waals surface area (Å²) in [6.45, 7) is 8.47. The molecule has 1 saturated heterocycles. The van der Waals surface area contributed by atoms with Gasteiger partial charge in [-0.05, 0) is 43.2 Å². The van der Waals surface area contributed by atoms with E-state index in [1.165, 1.54) is 0 Å². The lowest BCUT2D eigenvalue weighted by molar-refractivity contribution is 0.0529. The highest BCUT2D eigenvalue weighted by Crippen LogP contribution is 2.20. The van der Waals surface area contributed by atoms with Gasteiger partial charge in [0.25, 0.3) is 0 Å². The lowest BCUT2D eigenvalue weighted by atomic mass is 10.2. The molecular formula is C21H27Cl2N5O. The van der Waals surface area contributed by atoms with Crippen molar-refractivity contribution in [1.82, 2.24) is 15.6 Å². The van der Waals surface area contributed by atoms with Crippen LogP contribution in [0.3, 0.4) is 0 Å². The zero-order chi connectivity index (χ0) is 20.6. The number of hydrogen-bond donors (Lipinski definition) is 2. The number of guanidine groups is 1. The maximum Gasteiger partial charge on any atom is 0.191 e. The summed E-state index contributed by atoms with van der Waals surface area (Å²) in [5.41, 5.74) is 2.02. The Morgan fingerprint density at radius 1 is 1.28 bits per heavy atom. The minimum absolute atomic E-state index is 0.234. The molecule has 29 heavy (non-hydrogen) atoms. The molecule has 1 fully saturated rings. The molecule has 1 aromatic heterocycles. The molecule has 0 amide bonds. The Kier molecular flexibility index (Phi) is 7.98. The van der Waals surface area contributed by atoms with Gasteiger partial charge in [0, 0.05) is 42.4 Å². The van der Waals surface area contributed by atoms with Gasteiger partial charge in [-0.3, -0.25) is 0 Å². The Morgan fingerprint density at radius 2 is 2.14 bits per heavy atom. The van der Waals surface area contributed by atoms with Crippen molar-refractivity contribution in [3.8, 4) is 0 Å². The van der Waals surface area contributed by atoms with Crippen molar-refractivity contribution in [3.63, 3.8) is 0 Å². The van der Waals surface area contributed by atoms with Crippen LogP contribution in [0.2, 0.25) is 10.0 Å². The number of rotatable bonds is 6. The van der Waals surface area contributed by atoms with Crippen LogP contribution < -0.4 is 15.5 Å². The molecule has 2 heterocycles. The molecule has 1 aliphatic heterocycles. The fraction of sp³-hybridized carbons (Fsp3) is 0.429. The Bertz CT molecular complexity index is 828. The van der Waals surface area contributed by atoms with Crippen LogP contribution in [0, 0.1) is 0 Å². The summed E-state index contributed by atoms with van der Waals surface area (Å²) in [4.78, 5) is 11.5. The molecule has 1 aliphatic rings. The average molecular weight is 436 g/mol. The number of nitrogens with one attached hydrogen (secondary N) is 2. The van der Waals surface area contributed by atoms with Gasteiger partial charge >= 0.3 is 0 Å². The van der Waals surface area contributed by atoms with E-state index in [0.29, 0.717) is 23.1 Å². The number of nitrogens with zero attached hydrogens (tertiary/aromatic N) is 3. The maximum atomic E-state index is 6.25. The first kappa shape index (κ1) is 21.7. The summed E-state index contributed by atoms with van der Waals surface area (Å²) < 4.78 is 5.59. The van der Waals surface area contributed by atoms with Crippen LogP contribution in [0.4, 0.5) is 5.82 Å². The fourth-order valence-electron chi connectivity index (χ4n) is 3.08. The SMILES string of the molecule is CCNC(=NCc1ccc(N2CCOC(C)C2)nc1)NCc1ccc(Cl)cc1Cl. The summed E-state index contributed by atoms with van der Waals surface area (Å²) in [6, 6.07) is 9.61. The van der Waals surface area contributed by atoms with Crippen LogP contribution in [0.25, 0.3) is 0 Å². The number of halogens is 2. The van der Waals surface area contributed by atoms with Crippen LogP contribution in [0.1, 0.15) is 25.0 Å². The Morgan fingerprint density at radius 3 is 2.83 bits per heavy atom. The van der Waals surface area contributed by atoms with Gasteiger partial charge in [0.15, 0.2) is 5.96 Å². The summed E-state index contributed by atoms with van der Waals surface area (Å²) in [5.74, 6) is 1.71. The predicted molar refractivity (Wildman–Crippen MR) is 120 cm³/mol. The van der Waals surface area contributed by atoms with Crippen molar-refractivity contribution >= 4 is 35.0 Å². The van der Waals surface area contributed by atoms with Gasteiger partial charge in [-0.2, -0.15) is 0 Å². The molecule has 0 aliphatic carbocycles. The molecule has 2 N–H and O–H groups in total. The van der Waals surface area contributed by atoms with Crippen molar-refractivity contribution in [2.24, 2.45) is 4.99 Å². The van der Waals surface area contributed by atoms with Crippen molar-refractivity contribution in [3.05, 3.63) is 57.7 Å². The highest BCUT2D eigenvalue weighted by atomic mass is 35.5. The molecule has 2 aromatic rings. The predicted octanol–water partition coefficient (Wildman–Crippen LogP) is 3.87. The van der Waals surface area contributed by atoms with E-state index in [0.717, 1.165) is 49.1 Å². The quantitative estimate of drug-likeness (QED) is 0.532. The van der Waals surface area contributed by atoms with E-state index in [9.17, 15) is 0 Å². The number of aliphatic imine (C=N–C) groups is 1. The van der Waals surface area contributed by atoms with Gasteiger partial charge in [-0.15, -0.1) is 0 Å². The topological polar surface area (TPSA) is 61.8 Å². The molecule has 1 atom stereocenters. The van der Waals surface area contributed by atoms with Gasteiger partial charge < -0.3 is 20.3 Å². The number of aromatic nitrogens is 1. The van der Waals surface area contributed by atoms with Crippen molar-refractivity contribution in [2.75, 3.05) is 31.1 Å². The number of anilines is 1. The number of benzene rings is 1. The van der Waals surface area contributed by atoms with Crippen LogP contribution in [-0.4, -0.2) is 43.3 Å². The molecule has 3 rings (SSSR count). The molecule has 8 heteroatoms. The van der Waals surface area contributed by atoms with Crippen LogP contribution >= 0.6 is 23.2 Å². The van der Waals surface area contributed by atoms with Gasteiger partial charge in [-0.25, -0.2) is 9.98 Å². The molecule has 1 aromatic carbocycles. The second-order valence-corrected chi connectivity index (χ2v) is 7.78. The summed E-state index contributed by atoms with van der Waals surface area (Å²) in [6.07, 6.45) is 2.12. The van der Waals surface area contributed by atoms with E-state index in [-0.39, 0.29) is 6.10 Å². The van der Waals surface area contributed by atoms with Crippen molar-refractivity contribution < 1.29 is 4.74 Å². The standard InChI is InChI=1S/C21H27Cl2N5O/c1-3-24-21(27-13-17-5-6-18(22)10-19(17)23)26-12-16-4-7-20(25-11-16)28-8-9-29-15(2)14-28/h4-7,10-11,15H,3,8-9,12-14H2,1-2H3,(H2,24,26,27). The van der Waals surface area contributed by atoms with Crippen molar-refractivity contribution in [2.45, 2.75) is 33.0 Å². The Labute approximate surface area is 182 Å². The Balaban J connectivity index is 1.59. The second-order valence-electron chi connectivity index (χ2n) is 6.94. The smallest absolute Gasteiger partial charge is 0.191 e. The number of ether oxygens (including phenoxy) is 1. The Hall–Kier alpha value is -2.02. The molecule has 0 saturated carbocycles. The van der Waals surface area contributed by atoms with Crippen molar-refractivity contribution in [1.29, 1.82) is 0 Å². The highest BCUT2D eigenvalue weighted by molar-refractivity contribution is 6.35. The van der Waals surface area contributed by atoms with Crippen LogP contribution in [0.15, 0.2) is 41.5 Å². The zero-order valence-corrected chi connectivity index (χ0v) is 18.3. The third-order valence-corrected chi connectivity index (χ3v) is 5.19. The maximum absolute atomic E-state index is 6.25. The number of hydrogen-bond acceptors (Lipinski definition) is 4. The molecule has 0 radical (unpaired) electrons. The number of pyridine rings is 1. The van der Waals surface area contributed by atoms with Gasteiger partial charge in [-0.1, -0.05) is 35.3 Å². The first-order valence-corrected chi connectivity index (χ1v) is 10.6. The third kappa shape index (κ3) is 6.49. The van der Waals surface area contributed by atoms with Gasteiger partial charge in [0.05, 0.1) is 19.3 Å². The summed E-state index contributed by atoms with van der Waals surface area (Å²) >= 11 is 12.2. The van der Waals surface area contributed by atoms with E-state index in [4.69, 9.17) is 27.9 Å². The highest BCUT2D eigenvalue weighted by Gasteiger charge is 2.17. The summed E-state index contributed by atoms with van der Waals surface area (Å²) in [7, 11) is 0. The monoisotopic (exact) mass is 435 g/mol. The largest absolute Gasteiger partial charge is 0.375 e. The molecule has 0 bridgehead atoms. The van der Waals surface area contributed by atoms with E-state index < -0.39 is 0 Å². The van der Waals surface area contributed by atoms with E-state index >= 15 is 0 Å². The molecule has 0 spiro atoms. The van der Waals surface area contributed by atoms with Crippen LogP contribution in [0.5, 0.6) is 0 Å². The lowest BCUT2D eigenvalue weighted by Crippen LogP contribution is -2.41. The van der Waals surface area contributed by atoms with Gasteiger partial charge in [0.2, 0.25) is 0 Å². The normalized spacial score (nSPS) is 17.3. The molecule has 156 valence electrons. The zero-order valence-electron chi connectivity index (χ0n) is 16.8. The fourth-order valence-corrected chi connectivity index (χ4v) is 3.56. The van der Waals surface area contributed by atoms with E-state index in [1.54, 1.807) is 6.07 Å². The minimum Gasteiger partial charge on any atom is -0.375 e. The van der Waals surface area contributed by atoms with Crippen LogP contribution in [-0.2, 0) is 17.8 Å². The molecule has 6 nitrogen and oxygen atoms in total. The number of morpholine rings is 1. The van der Waals surface area contributed by atoms with E-state index in [1.807, 2.05) is 25.3 Å². The minimum atomic E-state index is 0.234. The first-order chi connectivity index (χ1) is 14.0. The molecular weight excluding hydrogens is 409 g/mol. The lowest BCUT2D eigenvalue weighted by Gasteiger charge is -2.32. The van der Waals surface area contributed by atoms with Gasteiger partial charge in [0.1, 0.15) is 5.82 Å². The molecule has 1 unspecified atom stereocenters. The first-order valence-electron chi connectivity index (χ1n) is 9.82.